The second-order valence-corrected chi connectivity index (χ2v) is 9.52. The SMILES string of the molecule is CN(C(=O)N1CC(Oc2ccccc2)C1)[C@@H]1CCN(C(=O)OC(C)(C)CC2CC2)C1. The van der Waals surface area contributed by atoms with Crippen molar-refractivity contribution >= 4 is 12.1 Å². The molecule has 7 nitrogen and oxygen atoms in total. The maximum Gasteiger partial charge on any atom is 0.410 e. The molecular weight excluding hydrogens is 382 g/mol. The summed E-state index contributed by atoms with van der Waals surface area (Å²) in [7, 11) is 1.82. The topological polar surface area (TPSA) is 62.3 Å². The Morgan fingerprint density at radius 2 is 1.77 bits per heavy atom. The van der Waals surface area contributed by atoms with Crippen LogP contribution in [0, 0.1) is 5.92 Å². The van der Waals surface area contributed by atoms with Crippen LogP contribution >= 0.6 is 0 Å². The number of rotatable bonds is 6. The molecule has 0 unspecified atom stereocenters. The summed E-state index contributed by atoms with van der Waals surface area (Å²) in [6.07, 6.45) is 3.96. The molecule has 1 aromatic rings. The van der Waals surface area contributed by atoms with Gasteiger partial charge in [-0.05, 0) is 44.7 Å². The fourth-order valence-corrected chi connectivity index (χ4v) is 4.32. The molecule has 0 spiro atoms. The molecule has 2 heterocycles. The summed E-state index contributed by atoms with van der Waals surface area (Å²) in [6, 6.07) is 9.70. The number of carbonyl (C=O) groups is 2. The van der Waals surface area contributed by atoms with Gasteiger partial charge in [0.1, 0.15) is 17.5 Å². The summed E-state index contributed by atoms with van der Waals surface area (Å²) >= 11 is 0. The lowest BCUT2D eigenvalue weighted by atomic mass is 10.0. The predicted octanol–water partition coefficient (Wildman–Crippen LogP) is 3.59. The first-order valence-corrected chi connectivity index (χ1v) is 11.0. The Morgan fingerprint density at radius 3 is 2.43 bits per heavy atom. The molecule has 7 heteroatoms. The van der Waals surface area contributed by atoms with Gasteiger partial charge in [-0.1, -0.05) is 31.0 Å². The van der Waals surface area contributed by atoms with Crippen LogP contribution in [0.25, 0.3) is 0 Å². The predicted molar refractivity (Wildman–Crippen MR) is 113 cm³/mol. The van der Waals surface area contributed by atoms with Gasteiger partial charge in [-0.25, -0.2) is 9.59 Å². The van der Waals surface area contributed by atoms with Crippen molar-refractivity contribution in [1.82, 2.24) is 14.7 Å². The second kappa shape index (κ2) is 8.36. The van der Waals surface area contributed by atoms with Crippen molar-refractivity contribution in [2.75, 3.05) is 33.2 Å². The van der Waals surface area contributed by atoms with Crippen LogP contribution in [-0.4, -0.2) is 77.8 Å². The van der Waals surface area contributed by atoms with Crippen LogP contribution in [0.2, 0.25) is 0 Å². The van der Waals surface area contributed by atoms with Gasteiger partial charge < -0.3 is 24.2 Å². The number of amides is 3. The zero-order valence-corrected chi connectivity index (χ0v) is 18.3. The van der Waals surface area contributed by atoms with Crippen molar-refractivity contribution < 1.29 is 19.1 Å². The zero-order valence-electron chi connectivity index (χ0n) is 18.3. The van der Waals surface area contributed by atoms with E-state index in [4.69, 9.17) is 9.47 Å². The van der Waals surface area contributed by atoms with Crippen molar-refractivity contribution in [1.29, 1.82) is 0 Å². The minimum Gasteiger partial charge on any atom is -0.487 e. The monoisotopic (exact) mass is 415 g/mol. The van der Waals surface area contributed by atoms with E-state index in [1.807, 2.05) is 51.2 Å². The third-order valence-electron chi connectivity index (χ3n) is 6.28. The Morgan fingerprint density at radius 1 is 1.07 bits per heavy atom. The highest BCUT2D eigenvalue weighted by molar-refractivity contribution is 5.76. The Hall–Kier alpha value is -2.44. The molecule has 164 valence electrons. The highest BCUT2D eigenvalue weighted by Gasteiger charge is 2.39. The summed E-state index contributed by atoms with van der Waals surface area (Å²) in [5, 5.41) is 0. The van der Waals surface area contributed by atoms with Gasteiger partial charge in [0.25, 0.3) is 0 Å². The molecule has 3 aliphatic rings. The fraction of sp³-hybridized carbons (Fsp3) is 0.652. The molecule has 0 radical (unpaired) electrons. The van der Waals surface area contributed by atoms with Crippen LogP contribution in [-0.2, 0) is 4.74 Å². The van der Waals surface area contributed by atoms with Gasteiger partial charge in [0, 0.05) is 20.1 Å². The fourth-order valence-electron chi connectivity index (χ4n) is 4.32. The standard InChI is InChI=1S/C23H33N3O4/c1-23(2,13-17-9-10-17)30-22(28)25-12-11-18(14-25)24(3)21(27)26-15-20(16-26)29-19-7-5-4-6-8-19/h4-8,17-18,20H,9-16H2,1-3H3/t18-/m1/s1. The summed E-state index contributed by atoms with van der Waals surface area (Å²) < 4.78 is 11.6. The molecule has 30 heavy (non-hydrogen) atoms. The Labute approximate surface area is 178 Å². The number of likely N-dealkylation sites (tertiary alicyclic amines) is 2. The Bertz CT molecular complexity index is 759. The van der Waals surface area contributed by atoms with Gasteiger partial charge in [0.2, 0.25) is 0 Å². The van der Waals surface area contributed by atoms with Gasteiger partial charge in [-0.3, -0.25) is 0 Å². The highest BCUT2D eigenvalue weighted by atomic mass is 16.6. The van der Waals surface area contributed by atoms with Gasteiger partial charge in [0.15, 0.2) is 0 Å². The molecule has 1 saturated carbocycles. The number of benzene rings is 1. The third kappa shape index (κ3) is 4.99. The molecule has 0 N–H and O–H groups in total. The minimum atomic E-state index is -0.427. The van der Waals surface area contributed by atoms with E-state index in [9.17, 15) is 9.59 Å². The Kier molecular flexibility index (Phi) is 5.80. The number of ether oxygens (including phenoxy) is 2. The first kappa shape index (κ1) is 20.8. The molecule has 4 rings (SSSR count). The Balaban J connectivity index is 1.21. The van der Waals surface area contributed by atoms with E-state index in [0.29, 0.717) is 32.1 Å². The number of nitrogens with zero attached hydrogens (tertiary/aromatic N) is 3. The van der Waals surface area contributed by atoms with Crippen LogP contribution in [0.15, 0.2) is 30.3 Å². The van der Waals surface area contributed by atoms with E-state index in [-0.39, 0.29) is 24.3 Å². The maximum absolute atomic E-state index is 12.8. The maximum atomic E-state index is 12.8. The van der Waals surface area contributed by atoms with Crippen LogP contribution in [0.3, 0.4) is 0 Å². The smallest absolute Gasteiger partial charge is 0.410 e. The van der Waals surface area contributed by atoms with Crippen LogP contribution in [0.1, 0.15) is 39.5 Å². The largest absolute Gasteiger partial charge is 0.487 e. The molecule has 0 bridgehead atoms. The average molecular weight is 416 g/mol. The summed E-state index contributed by atoms with van der Waals surface area (Å²) in [5.74, 6) is 1.53. The van der Waals surface area contributed by atoms with Crippen LogP contribution in [0.5, 0.6) is 5.75 Å². The van der Waals surface area contributed by atoms with E-state index in [1.54, 1.807) is 14.7 Å². The molecule has 2 saturated heterocycles. The number of hydrogen-bond acceptors (Lipinski definition) is 4. The van der Waals surface area contributed by atoms with Gasteiger partial charge in [-0.2, -0.15) is 0 Å². The molecule has 1 aliphatic carbocycles. The van der Waals surface area contributed by atoms with Gasteiger partial charge in [0.05, 0.1) is 19.1 Å². The van der Waals surface area contributed by atoms with Crippen molar-refractivity contribution in [3.63, 3.8) is 0 Å². The van der Waals surface area contributed by atoms with Crippen LogP contribution < -0.4 is 4.74 Å². The van der Waals surface area contributed by atoms with Crippen molar-refractivity contribution in [3.05, 3.63) is 30.3 Å². The third-order valence-corrected chi connectivity index (χ3v) is 6.28. The summed E-state index contributed by atoms with van der Waals surface area (Å²) in [5.41, 5.74) is -0.427. The lowest BCUT2D eigenvalue weighted by molar-refractivity contribution is 0.00742. The first-order chi connectivity index (χ1) is 14.3. The lowest BCUT2D eigenvalue weighted by Gasteiger charge is -2.42. The van der Waals surface area contributed by atoms with Crippen molar-refractivity contribution in [3.8, 4) is 5.75 Å². The molecule has 1 atom stereocenters. The summed E-state index contributed by atoms with van der Waals surface area (Å²) in [6.45, 7) is 6.31. The van der Waals surface area contributed by atoms with Crippen LogP contribution in [0.4, 0.5) is 9.59 Å². The van der Waals surface area contributed by atoms with E-state index in [2.05, 4.69) is 0 Å². The van der Waals surface area contributed by atoms with E-state index < -0.39 is 5.60 Å². The second-order valence-electron chi connectivity index (χ2n) is 9.52. The number of para-hydroxylation sites is 1. The van der Waals surface area contributed by atoms with Crippen molar-refractivity contribution in [2.24, 2.45) is 5.92 Å². The number of urea groups is 1. The minimum absolute atomic E-state index is 0.00260. The number of hydrogen-bond donors (Lipinski definition) is 0. The van der Waals surface area contributed by atoms with E-state index in [1.165, 1.54) is 12.8 Å². The molecule has 3 fully saturated rings. The molecular formula is C23H33N3O4. The van der Waals surface area contributed by atoms with E-state index >= 15 is 0 Å². The van der Waals surface area contributed by atoms with E-state index in [0.717, 1.165) is 18.6 Å². The first-order valence-electron chi connectivity index (χ1n) is 11.0. The lowest BCUT2D eigenvalue weighted by Crippen LogP contribution is -2.60. The average Bonchev–Trinajstić information content (AvgIpc) is 3.33. The number of carbonyl (C=O) groups excluding carboxylic acids is 2. The molecule has 2 aliphatic heterocycles. The molecule has 3 amide bonds. The molecule has 0 aromatic heterocycles. The zero-order chi connectivity index (χ0) is 21.3. The quantitative estimate of drug-likeness (QED) is 0.712. The molecule has 1 aromatic carbocycles. The summed E-state index contributed by atoms with van der Waals surface area (Å²) in [4.78, 5) is 30.7. The van der Waals surface area contributed by atoms with Gasteiger partial charge >= 0.3 is 12.1 Å². The number of likely N-dealkylation sites (N-methyl/N-ethyl adjacent to an activating group) is 1. The van der Waals surface area contributed by atoms with Gasteiger partial charge in [-0.15, -0.1) is 0 Å². The highest BCUT2D eigenvalue weighted by Crippen LogP contribution is 2.38. The van der Waals surface area contributed by atoms with Crippen molar-refractivity contribution in [2.45, 2.75) is 57.3 Å². The normalized spacial score (nSPS) is 21.9.